The highest BCUT2D eigenvalue weighted by Crippen LogP contribution is 2.21. The smallest absolute Gasteiger partial charge is 0.352 e. The predicted octanol–water partition coefficient (Wildman–Crippen LogP) is 3.94. The lowest BCUT2D eigenvalue weighted by atomic mass is 10.1. The molecule has 0 aliphatic carbocycles. The monoisotopic (exact) mass is 491 g/mol. The summed E-state index contributed by atoms with van der Waals surface area (Å²) in [4.78, 5) is 40.6. The zero-order valence-corrected chi connectivity index (χ0v) is 18.5. The summed E-state index contributed by atoms with van der Waals surface area (Å²) in [6.07, 6.45) is 2.60. The number of thiazole rings is 1. The highest BCUT2D eigenvalue weighted by atomic mass is 35.5. The van der Waals surface area contributed by atoms with E-state index < -0.39 is 17.8 Å². The molecule has 3 rings (SSSR count). The molecule has 0 radical (unpaired) electrons. The number of benzene rings is 2. The molecular formula is C21H15Cl2N3O5S. The first-order valence-corrected chi connectivity index (χ1v) is 10.5. The van der Waals surface area contributed by atoms with Crippen molar-refractivity contribution in [2.24, 2.45) is 0 Å². The summed E-state index contributed by atoms with van der Waals surface area (Å²) >= 11 is 12.9. The number of amides is 2. The molecule has 0 aliphatic heterocycles. The minimum absolute atomic E-state index is 0.00862. The molecule has 0 atom stereocenters. The van der Waals surface area contributed by atoms with E-state index in [2.05, 4.69) is 15.6 Å². The largest absolute Gasteiger partial charge is 0.508 e. The summed E-state index contributed by atoms with van der Waals surface area (Å²) in [6.45, 7) is 0.182. The number of halogens is 2. The molecule has 1 aromatic heterocycles. The number of aliphatic carboxylic acids is 1. The summed E-state index contributed by atoms with van der Waals surface area (Å²) in [5.74, 6) is -2.47. The van der Waals surface area contributed by atoms with Crippen LogP contribution in [0.15, 0.2) is 54.4 Å². The van der Waals surface area contributed by atoms with Gasteiger partial charge in [-0.25, -0.2) is 9.78 Å². The van der Waals surface area contributed by atoms with Crippen LogP contribution >= 0.6 is 34.5 Å². The molecule has 32 heavy (non-hydrogen) atoms. The molecule has 4 N–H and O–H groups in total. The number of carboxylic acids is 1. The van der Waals surface area contributed by atoms with Crippen molar-refractivity contribution in [1.82, 2.24) is 15.6 Å². The van der Waals surface area contributed by atoms with Gasteiger partial charge in [0.2, 0.25) is 0 Å². The molecule has 0 spiro atoms. The van der Waals surface area contributed by atoms with Gasteiger partial charge in [0.1, 0.15) is 11.4 Å². The predicted molar refractivity (Wildman–Crippen MR) is 121 cm³/mol. The number of carboxylic acid groups (broad SMARTS) is 1. The van der Waals surface area contributed by atoms with Gasteiger partial charge in [-0.15, -0.1) is 11.3 Å². The number of hydrogen-bond acceptors (Lipinski definition) is 6. The van der Waals surface area contributed by atoms with Gasteiger partial charge in [0.15, 0.2) is 4.47 Å². The van der Waals surface area contributed by atoms with Crippen LogP contribution in [0.3, 0.4) is 0 Å². The highest BCUT2D eigenvalue weighted by Gasteiger charge is 2.18. The van der Waals surface area contributed by atoms with Gasteiger partial charge in [-0.1, -0.05) is 35.3 Å². The Bertz CT molecular complexity index is 1230. The average Bonchev–Trinajstić information content (AvgIpc) is 3.16. The Morgan fingerprint density at radius 1 is 1.09 bits per heavy atom. The van der Waals surface area contributed by atoms with Gasteiger partial charge < -0.3 is 20.8 Å². The van der Waals surface area contributed by atoms with E-state index in [1.807, 2.05) is 0 Å². The summed E-state index contributed by atoms with van der Waals surface area (Å²) in [6, 6.07) is 10.5. The van der Waals surface area contributed by atoms with Crippen LogP contribution in [-0.2, 0) is 11.3 Å². The molecule has 0 aliphatic rings. The topological polar surface area (TPSA) is 129 Å². The molecule has 164 valence electrons. The molecule has 0 saturated heterocycles. The summed E-state index contributed by atoms with van der Waals surface area (Å²) < 4.78 is 0.230. The maximum atomic E-state index is 12.5. The zero-order valence-electron chi connectivity index (χ0n) is 16.1. The van der Waals surface area contributed by atoms with Crippen molar-refractivity contribution in [2.45, 2.75) is 6.54 Å². The number of carbonyl (C=O) groups is 3. The maximum Gasteiger partial charge on any atom is 0.352 e. The quantitative estimate of drug-likeness (QED) is 0.370. The Labute approximate surface area is 196 Å². The van der Waals surface area contributed by atoms with Gasteiger partial charge in [-0.3, -0.25) is 9.59 Å². The number of hydrogen-bond donors (Lipinski definition) is 4. The number of rotatable bonds is 7. The van der Waals surface area contributed by atoms with Gasteiger partial charge in [-0.2, -0.15) is 0 Å². The van der Waals surface area contributed by atoms with Crippen LogP contribution in [0.2, 0.25) is 9.49 Å². The highest BCUT2D eigenvalue weighted by molar-refractivity contribution is 7.16. The molecule has 0 fully saturated rings. The van der Waals surface area contributed by atoms with Crippen molar-refractivity contribution in [2.75, 3.05) is 0 Å². The second kappa shape index (κ2) is 10.3. The molecule has 0 saturated carbocycles. The van der Waals surface area contributed by atoms with Gasteiger partial charge in [-0.05, 0) is 42.0 Å². The van der Waals surface area contributed by atoms with Crippen molar-refractivity contribution < 1.29 is 24.6 Å². The number of aromatic hydroxyl groups is 1. The zero-order chi connectivity index (χ0) is 23.3. The Morgan fingerprint density at radius 3 is 2.50 bits per heavy atom. The van der Waals surface area contributed by atoms with Gasteiger partial charge >= 0.3 is 5.97 Å². The molecule has 2 aromatic carbocycles. The van der Waals surface area contributed by atoms with Crippen LogP contribution in [0.1, 0.15) is 31.2 Å². The van der Waals surface area contributed by atoms with Crippen LogP contribution in [0.25, 0.3) is 6.08 Å². The summed E-state index contributed by atoms with van der Waals surface area (Å²) in [5, 5.41) is 23.8. The Hall–Kier alpha value is -3.40. The lowest BCUT2D eigenvalue weighted by Gasteiger charge is -2.10. The third kappa shape index (κ3) is 6.07. The fourth-order valence-corrected chi connectivity index (χ4v) is 3.77. The SMILES string of the molecule is O=C(O)C(=Cc1cnc(Cl)s1)NC(=O)c1ccc(C(=O)NCc2cccc(O)c2)cc1Cl. The van der Waals surface area contributed by atoms with E-state index in [-0.39, 0.29) is 38.6 Å². The molecule has 8 nitrogen and oxygen atoms in total. The fourth-order valence-electron chi connectivity index (χ4n) is 2.61. The third-order valence-electron chi connectivity index (χ3n) is 4.10. The molecule has 0 unspecified atom stereocenters. The van der Waals surface area contributed by atoms with Crippen LogP contribution in [0.5, 0.6) is 5.75 Å². The standard InChI is InChI=1S/C21H15Cl2N3O5S/c22-16-7-12(18(28)24-9-11-2-1-3-13(27)6-11)4-5-15(16)19(29)26-17(20(30)31)8-14-10-25-21(23)32-14/h1-8,10,27H,9H2,(H,24,28)(H,26,29)(H,30,31). The maximum absolute atomic E-state index is 12.5. The molecule has 11 heteroatoms. The molecule has 0 bridgehead atoms. The van der Waals surface area contributed by atoms with E-state index >= 15 is 0 Å². The minimum atomic E-state index is -1.36. The van der Waals surface area contributed by atoms with Crippen molar-refractivity contribution in [3.05, 3.63) is 85.4 Å². The number of carbonyl (C=O) groups excluding carboxylic acids is 2. The summed E-state index contributed by atoms with van der Waals surface area (Å²) in [5.41, 5.74) is 0.515. The van der Waals surface area contributed by atoms with Crippen LogP contribution < -0.4 is 10.6 Å². The number of phenols is 1. The molecule has 3 aromatic rings. The second-order valence-electron chi connectivity index (χ2n) is 6.38. The van der Waals surface area contributed by atoms with E-state index in [9.17, 15) is 24.6 Å². The second-order valence-corrected chi connectivity index (χ2v) is 8.43. The Kier molecular flexibility index (Phi) is 7.47. The normalized spacial score (nSPS) is 11.1. The average molecular weight is 492 g/mol. The van der Waals surface area contributed by atoms with E-state index in [4.69, 9.17) is 23.2 Å². The van der Waals surface area contributed by atoms with Crippen molar-refractivity contribution in [1.29, 1.82) is 0 Å². The first-order valence-electron chi connectivity index (χ1n) is 8.96. The molecule has 2 amide bonds. The van der Waals surface area contributed by atoms with Gasteiger partial charge in [0.05, 0.1) is 15.5 Å². The van der Waals surface area contributed by atoms with Crippen molar-refractivity contribution in [3.63, 3.8) is 0 Å². The Morgan fingerprint density at radius 2 is 1.88 bits per heavy atom. The lowest BCUT2D eigenvalue weighted by Crippen LogP contribution is -2.28. The van der Waals surface area contributed by atoms with Crippen LogP contribution in [0.4, 0.5) is 0 Å². The van der Waals surface area contributed by atoms with E-state index in [0.29, 0.717) is 10.4 Å². The first kappa shape index (κ1) is 23.3. The lowest BCUT2D eigenvalue weighted by molar-refractivity contribution is -0.132. The molecule has 1 heterocycles. The van der Waals surface area contributed by atoms with E-state index in [1.54, 1.807) is 12.1 Å². The van der Waals surface area contributed by atoms with Gasteiger partial charge in [0, 0.05) is 18.3 Å². The number of phenolic OH excluding ortho intramolecular Hbond substituents is 1. The van der Waals surface area contributed by atoms with Crippen LogP contribution in [0, 0.1) is 0 Å². The number of nitrogens with one attached hydrogen (secondary N) is 2. The molecular weight excluding hydrogens is 477 g/mol. The van der Waals surface area contributed by atoms with Crippen molar-refractivity contribution in [3.8, 4) is 5.75 Å². The Balaban J connectivity index is 1.70. The third-order valence-corrected chi connectivity index (χ3v) is 5.47. The van der Waals surface area contributed by atoms with Gasteiger partial charge in [0.25, 0.3) is 11.8 Å². The summed E-state index contributed by atoms with van der Waals surface area (Å²) in [7, 11) is 0. The van der Waals surface area contributed by atoms with Crippen LogP contribution in [-0.4, -0.2) is 33.0 Å². The van der Waals surface area contributed by atoms with E-state index in [1.165, 1.54) is 42.6 Å². The first-order chi connectivity index (χ1) is 15.2. The fraction of sp³-hybridized carbons (Fsp3) is 0.0476. The van der Waals surface area contributed by atoms with E-state index in [0.717, 1.165) is 11.3 Å². The minimum Gasteiger partial charge on any atom is -0.508 e. The number of nitrogens with zero attached hydrogens (tertiary/aromatic N) is 1. The number of aromatic nitrogens is 1. The van der Waals surface area contributed by atoms with Crippen molar-refractivity contribution >= 4 is 58.4 Å².